The van der Waals surface area contributed by atoms with Gasteiger partial charge in [0, 0.05) is 6.20 Å². The summed E-state index contributed by atoms with van der Waals surface area (Å²) in [5.41, 5.74) is 2.63. The van der Waals surface area contributed by atoms with Crippen molar-refractivity contribution in [3.63, 3.8) is 0 Å². The molecule has 2 aromatic heterocycles. The fourth-order valence-electron chi connectivity index (χ4n) is 1.88. The monoisotopic (exact) mass is 227 g/mol. The van der Waals surface area contributed by atoms with Gasteiger partial charge in [0.05, 0.1) is 29.0 Å². The van der Waals surface area contributed by atoms with Gasteiger partial charge in [-0.1, -0.05) is 6.07 Å². The number of aryl methyl sites for hydroxylation is 1. The highest BCUT2D eigenvalue weighted by Crippen LogP contribution is 2.20. The molecule has 3 aromatic rings. The molecule has 0 saturated carbocycles. The van der Waals surface area contributed by atoms with Gasteiger partial charge in [0.1, 0.15) is 5.82 Å². The minimum atomic E-state index is -0.255. The van der Waals surface area contributed by atoms with Gasteiger partial charge in [-0.25, -0.2) is 9.07 Å². The van der Waals surface area contributed by atoms with Crippen molar-refractivity contribution in [2.24, 2.45) is 0 Å². The molecule has 0 unspecified atom stereocenters. The van der Waals surface area contributed by atoms with Crippen molar-refractivity contribution in [1.82, 2.24) is 14.8 Å². The van der Waals surface area contributed by atoms with Crippen LogP contribution >= 0.6 is 0 Å². The van der Waals surface area contributed by atoms with E-state index in [2.05, 4.69) is 10.1 Å². The van der Waals surface area contributed by atoms with E-state index in [4.69, 9.17) is 0 Å². The van der Waals surface area contributed by atoms with Crippen LogP contribution in [0.5, 0.6) is 0 Å². The molecular formula is C13H10FN3. The first-order valence-electron chi connectivity index (χ1n) is 5.30. The van der Waals surface area contributed by atoms with Crippen molar-refractivity contribution in [2.75, 3.05) is 0 Å². The van der Waals surface area contributed by atoms with E-state index in [1.54, 1.807) is 23.1 Å². The molecule has 84 valence electrons. The van der Waals surface area contributed by atoms with Gasteiger partial charge in [0.2, 0.25) is 0 Å². The van der Waals surface area contributed by atoms with Gasteiger partial charge in [-0.05, 0) is 30.7 Å². The standard InChI is InChI=1S/C13H10FN3/c1-9-5-10(7-15-6-9)17-13-4-2-3-12(14)11(13)8-16-17/h2-8H,1H3. The van der Waals surface area contributed by atoms with E-state index in [1.807, 2.05) is 19.1 Å². The lowest BCUT2D eigenvalue weighted by Crippen LogP contribution is -1.97. The van der Waals surface area contributed by atoms with E-state index in [0.29, 0.717) is 5.39 Å². The molecule has 0 aliphatic rings. The Morgan fingerprint density at radius 2 is 2.06 bits per heavy atom. The Bertz CT molecular complexity index is 688. The van der Waals surface area contributed by atoms with Gasteiger partial charge >= 0.3 is 0 Å². The van der Waals surface area contributed by atoms with Crippen molar-refractivity contribution in [1.29, 1.82) is 0 Å². The Hall–Kier alpha value is -2.23. The number of halogens is 1. The smallest absolute Gasteiger partial charge is 0.134 e. The summed E-state index contributed by atoms with van der Waals surface area (Å²) in [5.74, 6) is -0.255. The van der Waals surface area contributed by atoms with Crippen LogP contribution < -0.4 is 0 Å². The highest BCUT2D eigenvalue weighted by atomic mass is 19.1. The largest absolute Gasteiger partial charge is 0.262 e. The zero-order valence-electron chi connectivity index (χ0n) is 9.26. The lowest BCUT2D eigenvalue weighted by atomic mass is 10.2. The number of pyridine rings is 1. The first-order valence-corrected chi connectivity index (χ1v) is 5.30. The van der Waals surface area contributed by atoms with Gasteiger partial charge in [0.15, 0.2) is 0 Å². The normalized spacial score (nSPS) is 10.9. The van der Waals surface area contributed by atoms with Crippen LogP contribution in [-0.4, -0.2) is 14.8 Å². The van der Waals surface area contributed by atoms with E-state index >= 15 is 0 Å². The minimum Gasteiger partial charge on any atom is -0.262 e. The molecule has 3 nitrogen and oxygen atoms in total. The fourth-order valence-corrected chi connectivity index (χ4v) is 1.88. The molecule has 3 rings (SSSR count). The molecule has 0 aliphatic heterocycles. The average molecular weight is 227 g/mol. The van der Waals surface area contributed by atoms with Crippen LogP contribution in [0.4, 0.5) is 4.39 Å². The van der Waals surface area contributed by atoms with Gasteiger partial charge in [-0.2, -0.15) is 5.10 Å². The number of aromatic nitrogens is 3. The summed E-state index contributed by atoms with van der Waals surface area (Å²) in [7, 11) is 0. The number of benzene rings is 1. The molecule has 0 spiro atoms. The number of hydrogen-bond acceptors (Lipinski definition) is 2. The highest BCUT2D eigenvalue weighted by molar-refractivity contribution is 5.80. The Morgan fingerprint density at radius 3 is 2.88 bits per heavy atom. The molecule has 4 heteroatoms. The molecule has 0 aliphatic carbocycles. The van der Waals surface area contributed by atoms with Gasteiger partial charge < -0.3 is 0 Å². The maximum Gasteiger partial charge on any atom is 0.134 e. The summed E-state index contributed by atoms with van der Waals surface area (Å²) in [6.45, 7) is 1.96. The summed E-state index contributed by atoms with van der Waals surface area (Å²) in [6.07, 6.45) is 5.02. The van der Waals surface area contributed by atoms with Gasteiger partial charge in [0.25, 0.3) is 0 Å². The van der Waals surface area contributed by atoms with Crippen molar-refractivity contribution >= 4 is 10.9 Å². The molecule has 0 saturated heterocycles. The molecule has 0 N–H and O–H groups in total. The summed E-state index contributed by atoms with van der Waals surface area (Å²) in [5, 5.41) is 4.73. The summed E-state index contributed by atoms with van der Waals surface area (Å²) < 4.78 is 15.2. The van der Waals surface area contributed by atoms with Crippen LogP contribution in [0.2, 0.25) is 0 Å². The highest BCUT2D eigenvalue weighted by Gasteiger charge is 2.08. The van der Waals surface area contributed by atoms with Crippen molar-refractivity contribution < 1.29 is 4.39 Å². The molecule has 0 fully saturated rings. The maximum atomic E-state index is 13.5. The SMILES string of the molecule is Cc1cncc(-n2ncc3c(F)cccc32)c1. The van der Waals surface area contributed by atoms with E-state index in [1.165, 1.54) is 12.3 Å². The van der Waals surface area contributed by atoms with Gasteiger partial charge in [-0.15, -0.1) is 0 Å². The van der Waals surface area contributed by atoms with Crippen LogP contribution in [0.1, 0.15) is 5.56 Å². The zero-order valence-corrected chi connectivity index (χ0v) is 9.26. The summed E-state index contributed by atoms with van der Waals surface area (Å²) in [6, 6.07) is 6.92. The van der Waals surface area contributed by atoms with E-state index in [9.17, 15) is 4.39 Å². The Balaban J connectivity index is 2.28. The third-order valence-corrected chi connectivity index (χ3v) is 2.67. The molecule has 2 heterocycles. The molecule has 1 aromatic carbocycles. The molecule has 0 radical (unpaired) electrons. The van der Waals surface area contributed by atoms with E-state index < -0.39 is 0 Å². The van der Waals surface area contributed by atoms with Crippen LogP contribution in [0, 0.1) is 12.7 Å². The zero-order chi connectivity index (χ0) is 11.8. The summed E-state index contributed by atoms with van der Waals surface area (Å²) in [4.78, 5) is 4.11. The lowest BCUT2D eigenvalue weighted by Gasteiger charge is -2.03. The van der Waals surface area contributed by atoms with E-state index in [-0.39, 0.29) is 5.82 Å². The van der Waals surface area contributed by atoms with Crippen molar-refractivity contribution in [3.8, 4) is 5.69 Å². The number of rotatable bonds is 1. The average Bonchev–Trinajstić information content (AvgIpc) is 2.74. The number of nitrogens with zero attached hydrogens (tertiary/aromatic N) is 3. The Kier molecular flexibility index (Phi) is 2.14. The lowest BCUT2D eigenvalue weighted by molar-refractivity contribution is 0.640. The fraction of sp³-hybridized carbons (Fsp3) is 0.0769. The Labute approximate surface area is 97.5 Å². The molecule has 17 heavy (non-hydrogen) atoms. The van der Waals surface area contributed by atoms with Crippen molar-refractivity contribution in [3.05, 3.63) is 54.2 Å². The Morgan fingerprint density at radius 1 is 1.18 bits per heavy atom. The topological polar surface area (TPSA) is 30.7 Å². The quantitative estimate of drug-likeness (QED) is 0.640. The predicted molar refractivity (Wildman–Crippen MR) is 63.6 cm³/mol. The second-order valence-electron chi connectivity index (χ2n) is 3.95. The van der Waals surface area contributed by atoms with E-state index in [0.717, 1.165) is 16.8 Å². The number of fused-ring (bicyclic) bond motifs is 1. The van der Waals surface area contributed by atoms with Crippen molar-refractivity contribution in [2.45, 2.75) is 6.92 Å². The van der Waals surface area contributed by atoms with Crippen LogP contribution in [0.15, 0.2) is 42.9 Å². The first-order chi connectivity index (χ1) is 8.25. The van der Waals surface area contributed by atoms with Crippen LogP contribution in [0.3, 0.4) is 0 Å². The van der Waals surface area contributed by atoms with Crippen LogP contribution in [0.25, 0.3) is 16.6 Å². The number of hydrogen-bond donors (Lipinski definition) is 0. The van der Waals surface area contributed by atoms with Gasteiger partial charge in [-0.3, -0.25) is 4.98 Å². The minimum absolute atomic E-state index is 0.255. The second kappa shape index (κ2) is 3.66. The second-order valence-corrected chi connectivity index (χ2v) is 3.95. The molecule has 0 atom stereocenters. The molecular weight excluding hydrogens is 217 g/mol. The molecule has 0 bridgehead atoms. The first kappa shape index (κ1) is 9.96. The van der Waals surface area contributed by atoms with Crippen LogP contribution in [-0.2, 0) is 0 Å². The maximum absolute atomic E-state index is 13.5. The third-order valence-electron chi connectivity index (χ3n) is 2.67. The third kappa shape index (κ3) is 1.58. The summed E-state index contributed by atoms with van der Waals surface area (Å²) >= 11 is 0. The predicted octanol–water partition coefficient (Wildman–Crippen LogP) is 2.87. The molecule has 0 amide bonds.